The number of cyclic esters (lactones) is 1. The SMILES string of the molecule is CCCCOc1ccccc1/C=C1\N=C(c2ccc(C)cc2)OC1=O. The van der Waals surface area contributed by atoms with Gasteiger partial charge in [-0.2, -0.15) is 0 Å². The van der Waals surface area contributed by atoms with E-state index in [9.17, 15) is 4.79 Å². The van der Waals surface area contributed by atoms with Crippen LogP contribution in [-0.2, 0) is 9.53 Å². The van der Waals surface area contributed by atoms with E-state index >= 15 is 0 Å². The minimum Gasteiger partial charge on any atom is -0.493 e. The number of para-hydroxylation sites is 1. The van der Waals surface area contributed by atoms with E-state index in [0.29, 0.717) is 12.5 Å². The van der Waals surface area contributed by atoms with Gasteiger partial charge in [0.1, 0.15) is 5.75 Å². The molecular weight excluding hydrogens is 314 g/mol. The van der Waals surface area contributed by atoms with Crippen molar-refractivity contribution in [1.29, 1.82) is 0 Å². The van der Waals surface area contributed by atoms with Gasteiger partial charge in [0.15, 0.2) is 5.70 Å². The number of benzene rings is 2. The molecule has 0 saturated heterocycles. The molecule has 4 heteroatoms. The summed E-state index contributed by atoms with van der Waals surface area (Å²) in [5, 5.41) is 0. The van der Waals surface area contributed by atoms with Crippen LogP contribution in [0.1, 0.15) is 36.5 Å². The van der Waals surface area contributed by atoms with Crippen LogP contribution in [-0.4, -0.2) is 18.5 Å². The van der Waals surface area contributed by atoms with Gasteiger partial charge in [-0.1, -0.05) is 49.2 Å². The largest absolute Gasteiger partial charge is 0.493 e. The van der Waals surface area contributed by atoms with Crippen molar-refractivity contribution in [3.8, 4) is 5.75 Å². The van der Waals surface area contributed by atoms with Crippen molar-refractivity contribution in [3.63, 3.8) is 0 Å². The van der Waals surface area contributed by atoms with Gasteiger partial charge in [-0.15, -0.1) is 0 Å². The van der Waals surface area contributed by atoms with Gasteiger partial charge in [0.25, 0.3) is 0 Å². The third-order valence-electron chi connectivity index (χ3n) is 3.89. The molecular formula is C21H21NO3. The molecule has 0 radical (unpaired) electrons. The number of rotatable bonds is 6. The molecule has 128 valence electrons. The number of unbranched alkanes of at least 4 members (excludes halogenated alkanes) is 1. The fourth-order valence-electron chi connectivity index (χ4n) is 2.43. The normalized spacial score (nSPS) is 15.2. The molecule has 0 unspecified atom stereocenters. The fraction of sp³-hybridized carbons (Fsp3) is 0.238. The number of hydrogen-bond donors (Lipinski definition) is 0. The molecule has 1 aliphatic rings. The Morgan fingerprint density at radius 2 is 1.88 bits per heavy atom. The molecule has 2 aromatic rings. The predicted molar refractivity (Wildman–Crippen MR) is 98.6 cm³/mol. The summed E-state index contributed by atoms with van der Waals surface area (Å²) in [5.74, 6) is 0.634. The molecule has 0 saturated carbocycles. The monoisotopic (exact) mass is 335 g/mol. The van der Waals surface area contributed by atoms with E-state index in [-0.39, 0.29) is 5.70 Å². The first-order chi connectivity index (χ1) is 12.2. The Hall–Kier alpha value is -2.88. The standard InChI is InChI=1S/C21H21NO3/c1-3-4-13-24-19-8-6-5-7-17(19)14-18-21(23)25-20(22-18)16-11-9-15(2)10-12-16/h5-12,14H,3-4,13H2,1-2H3/b18-14-. The number of aryl methyl sites for hydroxylation is 1. The molecule has 25 heavy (non-hydrogen) atoms. The van der Waals surface area contributed by atoms with Crippen LogP contribution in [0.2, 0.25) is 0 Å². The summed E-state index contributed by atoms with van der Waals surface area (Å²) in [6.07, 6.45) is 3.77. The van der Waals surface area contributed by atoms with Gasteiger partial charge < -0.3 is 9.47 Å². The Kier molecular flexibility index (Phi) is 5.29. The van der Waals surface area contributed by atoms with Gasteiger partial charge in [-0.3, -0.25) is 0 Å². The minimum absolute atomic E-state index is 0.280. The van der Waals surface area contributed by atoms with Gasteiger partial charge in [0.05, 0.1) is 6.61 Å². The summed E-state index contributed by atoms with van der Waals surface area (Å²) < 4.78 is 11.1. The predicted octanol–water partition coefficient (Wildman–Crippen LogP) is 4.52. The second-order valence-corrected chi connectivity index (χ2v) is 5.94. The quantitative estimate of drug-likeness (QED) is 0.443. The average Bonchev–Trinajstić information content (AvgIpc) is 2.98. The highest BCUT2D eigenvalue weighted by Crippen LogP contribution is 2.25. The zero-order chi connectivity index (χ0) is 17.6. The van der Waals surface area contributed by atoms with E-state index in [1.165, 1.54) is 0 Å². The van der Waals surface area contributed by atoms with Crippen LogP contribution in [0.4, 0.5) is 0 Å². The van der Waals surface area contributed by atoms with Crippen molar-refractivity contribution in [1.82, 2.24) is 0 Å². The van der Waals surface area contributed by atoms with E-state index in [1.54, 1.807) is 6.08 Å². The molecule has 1 aliphatic heterocycles. The van der Waals surface area contributed by atoms with Crippen molar-refractivity contribution >= 4 is 17.9 Å². The summed E-state index contributed by atoms with van der Waals surface area (Å²) in [7, 11) is 0. The van der Waals surface area contributed by atoms with Gasteiger partial charge >= 0.3 is 5.97 Å². The molecule has 0 amide bonds. The molecule has 0 aromatic heterocycles. The molecule has 0 fully saturated rings. The summed E-state index contributed by atoms with van der Waals surface area (Å²) in [6, 6.07) is 15.3. The summed E-state index contributed by atoms with van der Waals surface area (Å²) in [4.78, 5) is 16.5. The molecule has 3 rings (SSSR count). The lowest BCUT2D eigenvalue weighted by atomic mass is 10.1. The van der Waals surface area contributed by atoms with E-state index < -0.39 is 5.97 Å². The number of carbonyl (C=O) groups is 1. The van der Waals surface area contributed by atoms with Crippen LogP contribution in [0.3, 0.4) is 0 Å². The third kappa shape index (κ3) is 4.15. The van der Waals surface area contributed by atoms with E-state index in [1.807, 2.05) is 55.5 Å². The van der Waals surface area contributed by atoms with E-state index in [4.69, 9.17) is 9.47 Å². The van der Waals surface area contributed by atoms with Crippen molar-refractivity contribution < 1.29 is 14.3 Å². The first-order valence-corrected chi connectivity index (χ1v) is 8.49. The van der Waals surface area contributed by atoms with Crippen LogP contribution in [0.25, 0.3) is 6.08 Å². The minimum atomic E-state index is -0.445. The number of ether oxygens (including phenoxy) is 2. The van der Waals surface area contributed by atoms with Gasteiger partial charge in [0, 0.05) is 11.1 Å². The van der Waals surface area contributed by atoms with Gasteiger partial charge in [0.2, 0.25) is 5.90 Å². The Labute approximate surface area is 147 Å². The zero-order valence-electron chi connectivity index (χ0n) is 14.5. The van der Waals surface area contributed by atoms with Crippen molar-refractivity contribution in [2.75, 3.05) is 6.61 Å². The van der Waals surface area contributed by atoms with E-state index in [2.05, 4.69) is 11.9 Å². The van der Waals surface area contributed by atoms with Crippen molar-refractivity contribution in [3.05, 3.63) is 70.9 Å². The molecule has 0 N–H and O–H groups in total. The maximum Gasteiger partial charge on any atom is 0.363 e. The summed E-state index contributed by atoms with van der Waals surface area (Å²) in [5.41, 5.74) is 3.03. The fourth-order valence-corrected chi connectivity index (χ4v) is 2.43. The summed E-state index contributed by atoms with van der Waals surface area (Å²) >= 11 is 0. The average molecular weight is 335 g/mol. The van der Waals surface area contributed by atoms with E-state index in [0.717, 1.165) is 35.3 Å². The molecule has 0 atom stereocenters. The first kappa shape index (κ1) is 17.0. The Bertz CT molecular complexity index is 819. The Morgan fingerprint density at radius 3 is 2.64 bits per heavy atom. The number of carbonyl (C=O) groups excluding carboxylic acids is 1. The smallest absolute Gasteiger partial charge is 0.363 e. The highest BCUT2D eigenvalue weighted by atomic mass is 16.6. The topological polar surface area (TPSA) is 47.9 Å². The van der Waals surface area contributed by atoms with Crippen molar-refractivity contribution in [2.24, 2.45) is 4.99 Å². The lowest BCUT2D eigenvalue weighted by Gasteiger charge is -2.08. The number of esters is 1. The first-order valence-electron chi connectivity index (χ1n) is 8.49. The Morgan fingerprint density at radius 1 is 1.12 bits per heavy atom. The molecule has 0 bridgehead atoms. The molecule has 4 nitrogen and oxygen atoms in total. The lowest BCUT2D eigenvalue weighted by Crippen LogP contribution is -2.05. The highest BCUT2D eigenvalue weighted by molar-refractivity contribution is 6.12. The number of nitrogens with zero attached hydrogens (tertiary/aromatic N) is 1. The second-order valence-electron chi connectivity index (χ2n) is 5.94. The zero-order valence-corrected chi connectivity index (χ0v) is 14.5. The van der Waals surface area contributed by atoms with Gasteiger partial charge in [-0.25, -0.2) is 9.79 Å². The molecule has 1 heterocycles. The second kappa shape index (κ2) is 7.79. The number of hydrogen-bond acceptors (Lipinski definition) is 4. The summed E-state index contributed by atoms with van der Waals surface area (Å²) in [6.45, 7) is 4.78. The van der Waals surface area contributed by atoms with Crippen LogP contribution in [0.15, 0.2) is 59.2 Å². The molecule has 0 aliphatic carbocycles. The van der Waals surface area contributed by atoms with Crippen LogP contribution >= 0.6 is 0 Å². The number of aliphatic imine (C=N–C) groups is 1. The van der Waals surface area contributed by atoms with Gasteiger partial charge in [-0.05, 0) is 37.6 Å². The Balaban J connectivity index is 1.86. The molecule has 0 spiro atoms. The lowest BCUT2D eigenvalue weighted by molar-refractivity contribution is -0.129. The highest BCUT2D eigenvalue weighted by Gasteiger charge is 2.24. The maximum absolute atomic E-state index is 12.2. The van der Waals surface area contributed by atoms with Crippen LogP contribution in [0.5, 0.6) is 5.75 Å². The molecule has 2 aromatic carbocycles. The third-order valence-corrected chi connectivity index (χ3v) is 3.89. The van der Waals surface area contributed by atoms with Crippen LogP contribution in [0, 0.1) is 6.92 Å². The van der Waals surface area contributed by atoms with Crippen LogP contribution < -0.4 is 4.74 Å². The maximum atomic E-state index is 12.2. The van der Waals surface area contributed by atoms with Crippen molar-refractivity contribution in [2.45, 2.75) is 26.7 Å².